The predicted molar refractivity (Wildman–Crippen MR) is 65.7 cm³/mol. The second-order valence-electron chi connectivity index (χ2n) is 5.31. The van der Waals surface area contributed by atoms with Crippen molar-refractivity contribution in [3.05, 3.63) is 12.2 Å². The Morgan fingerprint density at radius 3 is 3.25 bits per heavy atom. The Balaban J connectivity index is 1.71. The molecule has 6 unspecified atom stereocenters. The maximum atomic E-state index is 6.21. The highest BCUT2D eigenvalue weighted by molar-refractivity contribution is 8.12. The van der Waals surface area contributed by atoms with Crippen LogP contribution in [0.4, 0.5) is 0 Å². The molecule has 3 bridgehead atoms. The summed E-state index contributed by atoms with van der Waals surface area (Å²) >= 11 is 1.89. The molecule has 1 spiro atoms. The molecule has 86 valence electrons. The van der Waals surface area contributed by atoms with Gasteiger partial charge in [0.25, 0.3) is 0 Å². The number of aliphatic imine (C=N–C) groups is 1. The van der Waals surface area contributed by atoms with Crippen molar-refractivity contribution in [1.29, 1.82) is 0 Å². The van der Waals surface area contributed by atoms with Crippen molar-refractivity contribution in [3.63, 3.8) is 0 Å². The number of hydrogen-bond donors (Lipinski definition) is 1. The molecule has 1 saturated heterocycles. The highest BCUT2D eigenvalue weighted by atomic mass is 32.2. The summed E-state index contributed by atoms with van der Waals surface area (Å²) < 4.78 is 6.21. The summed E-state index contributed by atoms with van der Waals surface area (Å²) in [6.07, 6.45) is 6.05. The fourth-order valence-electron chi connectivity index (χ4n) is 3.94. The van der Waals surface area contributed by atoms with Gasteiger partial charge in [0, 0.05) is 17.2 Å². The first-order valence-corrected chi connectivity index (χ1v) is 7.00. The first-order chi connectivity index (χ1) is 7.78. The third-order valence-corrected chi connectivity index (χ3v) is 5.47. The van der Waals surface area contributed by atoms with Crippen LogP contribution in [0.15, 0.2) is 17.1 Å². The Hall–Kier alpha value is -0.320. The van der Waals surface area contributed by atoms with Crippen LogP contribution in [-0.4, -0.2) is 35.2 Å². The van der Waals surface area contributed by atoms with Crippen molar-refractivity contribution in [2.75, 3.05) is 6.54 Å². The third-order valence-electron chi connectivity index (χ3n) is 4.41. The summed E-state index contributed by atoms with van der Waals surface area (Å²) in [5, 5.41) is 4.23. The number of thioether (sulfide) groups is 1. The number of fused-ring (bicyclic) bond motifs is 3. The average molecular weight is 236 g/mol. The van der Waals surface area contributed by atoms with Crippen LogP contribution in [0.2, 0.25) is 0 Å². The van der Waals surface area contributed by atoms with Gasteiger partial charge in [-0.2, -0.15) is 0 Å². The molecular formula is C12H16N2OS. The van der Waals surface area contributed by atoms with E-state index in [4.69, 9.17) is 4.74 Å². The van der Waals surface area contributed by atoms with Crippen LogP contribution in [0.25, 0.3) is 0 Å². The van der Waals surface area contributed by atoms with Crippen LogP contribution in [0.5, 0.6) is 0 Å². The monoisotopic (exact) mass is 236 g/mol. The lowest BCUT2D eigenvalue weighted by Crippen LogP contribution is -2.60. The molecule has 6 atom stereocenters. The standard InChI is InChI=1S/C12H16N2OS/c1-7-14-11-8-2-3-12(4-8,15-7)10(11)9-5-13-6-16-9/h2-3,6-11,14H,4-5H2,1H3. The summed E-state index contributed by atoms with van der Waals surface area (Å²) in [4.78, 5) is 4.37. The van der Waals surface area contributed by atoms with Gasteiger partial charge in [0.1, 0.15) is 6.23 Å². The molecule has 4 rings (SSSR count). The van der Waals surface area contributed by atoms with E-state index in [9.17, 15) is 0 Å². The fourth-order valence-corrected chi connectivity index (χ4v) is 5.01. The number of nitrogens with one attached hydrogen (secondary N) is 1. The van der Waals surface area contributed by atoms with Gasteiger partial charge in [-0.15, -0.1) is 11.8 Å². The van der Waals surface area contributed by atoms with Gasteiger partial charge in [-0.3, -0.25) is 10.3 Å². The summed E-state index contributed by atoms with van der Waals surface area (Å²) in [6, 6.07) is 0.605. The van der Waals surface area contributed by atoms with Crippen molar-refractivity contribution in [2.45, 2.75) is 36.5 Å². The van der Waals surface area contributed by atoms with Crippen molar-refractivity contribution in [3.8, 4) is 0 Å². The smallest absolute Gasteiger partial charge is 0.106 e. The summed E-state index contributed by atoms with van der Waals surface area (Å²) in [7, 11) is 0. The van der Waals surface area contributed by atoms with E-state index < -0.39 is 0 Å². The minimum absolute atomic E-state index is 0.0192. The third kappa shape index (κ3) is 1.10. The van der Waals surface area contributed by atoms with E-state index in [2.05, 4.69) is 29.4 Å². The molecule has 4 heteroatoms. The Kier molecular flexibility index (Phi) is 1.89. The number of hydrogen-bond acceptors (Lipinski definition) is 4. The molecule has 0 radical (unpaired) electrons. The molecule has 3 nitrogen and oxygen atoms in total. The molecular weight excluding hydrogens is 220 g/mol. The molecule has 4 aliphatic rings. The Labute approximate surface area is 99.7 Å². The topological polar surface area (TPSA) is 33.6 Å². The largest absolute Gasteiger partial charge is 0.353 e. The summed E-state index contributed by atoms with van der Waals surface area (Å²) in [5.74, 6) is 1.28. The second kappa shape index (κ2) is 3.12. The molecule has 16 heavy (non-hydrogen) atoms. The number of nitrogens with zero attached hydrogens (tertiary/aromatic N) is 1. The summed E-state index contributed by atoms with van der Waals surface area (Å²) in [5.41, 5.74) is 2.03. The van der Waals surface area contributed by atoms with Crippen molar-refractivity contribution >= 4 is 17.3 Å². The van der Waals surface area contributed by atoms with Crippen LogP contribution in [0.1, 0.15) is 13.3 Å². The zero-order valence-electron chi connectivity index (χ0n) is 9.30. The first kappa shape index (κ1) is 9.68. The zero-order valence-corrected chi connectivity index (χ0v) is 10.1. The second-order valence-corrected chi connectivity index (χ2v) is 6.39. The molecule has 0 amide bonds. The van der Waals surface area contributed by atoms with E-state index in [0.29, 0.717) is 23.1 Å². The van der Waals surface area contributed by atoms with E-state index in [0.717, 1.165) is 6.54 Å². The lowest BCUT2D eigenvalue weighted by molar-refractivity contribution is -0.124. The van der Waals surface area contributed by atoms with E-state index in [-0.39, 0.29) is 11.8 Å². The van der Waals surface area contributed by atoms with Gasteiger partial charge in [-0.1, -0.05) is 12.2 Å². The normalized spacial score (nSPS) is 57.4. The molecule has 2 aliphatic heterocycles. The van der Waals surface area contributed by atoms with Gasteiger partial charge < -0.3 is 4.74 Å². The predicted octanol–water partition coefficient (Wildman–Crippen LogP) is 1.41. The average Bonchev–Trinajstić information content (AvgIpc) is 2.88. The Bertz CT molecular complexity index is 375. The van der Waals surface area contributed by atoms with Crippen molar-refractivity contribution < 1.29 is 4.74 Å². The fraction of sp³-hybridized carbons (Fsp3) is 0.750. The van der Waals surface area contributed by atoms with E-state index >= 15 is 0 Å². The highest BCUT2D eigenvalue weighted by Crippen LogP contribution is 2.55. The van der Waals surface area contributed by atoms with Crippen molar-refractivity contribution in [2.24, 2.45) is 16.8 Å². The molecule has 2 fully saturated rings. The van der Waals surface area contributed by atoms with Crippen LogP contribution in [-0.2, 0) is 4.74 Å². The van der Waals surface area contributed by atoms with Gasteiger partial charge in [0.05, 0.1) is 17.7 Å². The molecule has 2 heterocycles. The van der Waals surface area contributed by atoms with Crippen LogP contribution in [0, 0.1) is 11.8 Å². The Morgan fingerprint density at radius 1 is 1.56 bits per heavy atom. The number of rotatable bonds is 1. The zero-order chi connectivity index (χ0) is 10.8. The minimum atomic E-state index is 0.0192. The maximum absolute atomic E-state index is 6.21. The van der Waals surface area contributed by atoms with Gasteiger partial charge in [-0.05, 0) is 19.3 Å². The molecule has 1 saturated carbocycles. The van der Waals surface area contributed by atoms with Crippen LogP contribution in [0.3, 0.4) is 0 Å². The van der Waals surface area contributed by atoms with Gasteiger partial charge in [-0.25, -0.2) is 0 Å². The first-order valence-electron chi connectivity index (χ1n) is 6.05. The molecule has 0 aromatic carbocycles. The molecule has 2 aliphatic carbocycles. The summed E-state index contributed by atoms with van der Waals surface area (Å²) in [6.45, 7) is 3.09. The minimum Gasteiger partial charge on any atom is -0.353 e. The van der Waals surface area contributed by atoms with E-state index in [1.54, 1.807) is 0 Å². The van der Waals surface area contributed by atoms with Crippen LogP contribution >= 0.6 is 11.8 Å². The maximum Gasteiger partial charge on any atom is 0.106 e. The number of ether oxygens (including phenoxy) is 1. The van der Waals surface area contributed by atoms with E-state index in [1.807, 2.05) is 17.3 Å². The molecule has 0 aromatic heterocycles. The van der Waals surface area contributed by atoms with Gasteiger partial charge in [0.2, 0.25) is 0 Å². The molecule has 0 aromatic rings. The lowest BCUT2D eigenvalue weighted by Gasteiger charge is -2.46. The highest BCUT2D eigenvalue weighted by Gasteiger charge is 2.61. The van der Waals surface area contributed by atoms with Gasteiger partial charge >= 0.3 is 0 Å². The lowest BCUT2D eigenvalue weighted by atomic mass is 9.81. The van der Waals surface area contributed by atoms with Crippen LogP contribution < -0.4 is 5.32 Å². The SMILES string of the molecule is CC1NC2C3C=CC(C3)(O1)C2C1CN=CS1. The van der Waals surface area contributed by atoms with E-state index in [1.165, 1.54) is 6.42 Å². The van der Waals surface area contributed by atoms with Crippen molar-refractivity contribution in [1.82, 2.24) is 5.32 Å². The molecule has 1 N–H and O–H groups in total. The van der Waals surface area contributed by atoms with Gasteiger partial charge in [0.15, 0.2) is 0 Å². The Morgan fingerprint density at radius 2 is 2.50 bits per heavy atom. The quantitative estimate of drug-likeness (QED) is 0.699.